The molecule has 2 aromatic heterocycles. The van der Waals surface area contributed by atoms with Crippen molar-refractivity contribution in [1.82, 2.24) is 4.98 Å². The zero-order valence-electron chi connectivity index (χ0n) is 9.97. The first-order chi connectivity index (χ1) is 9.31. The Morgan fingerprint density at radius 1 is 1.11 bits per heavy atom. The third kappa shape index (κ3) is 2.98. The van der Waals surface area contributed by atoms with E-state index >= 15 is 0 Å². The predicted octanol–water partition coefficient (Wildman–Crippen LogP) is 4.15. The van der Waals surface area contributed by atoms with Crippen molar-refractivity contribution in [2.45, 2.75) is 6.54 Å². The van der Waals surface area contributed by atoms with E-state index in [1.807, 2.05) is 36.4 Å². The van der Waals surface area contributed by atoms with E-state index in [0.717, 1.165) is 26.5 Å². The molecule has 0 spiro atoms. The molecule has 0 fully saturated rings. The SMILES string of the molecule is Ic1ccc(CNc2ccc(-c3cnco3)cc2)o1. The van der Waals surface area contributed by atoms with Crippen LogP contribution in [0.25, 0.3) is 11.3 Å². The fourth-order valence-electron chi connectivity index (χ4n) is 1.75. The van der Waals surface area contributed by atoms with Crippen LogP contribution in [0, 0.1) is 3.77 Å². The summed E-state index contributed by atoms with van der Waals surface area (Å²) in [7, 11) is 0. The van der Waals surface area contributed by atoms with Crippen LogP contribution in [0.3, 0.4) is 0 Å². The number of hydrogen-bond donors (Lipinski definition) is 1. The van der Waals surface area contributed by atoms with Crippen LogP contribution in [0.5, 0.6) is 0 Å². The van der Waals surface area contributed by atoms with E-state index < -0.39 is 0 Å². The summed E-state index contributed by atoms with van der Waals surface area (Å²) in [5.41, 5.74) is 2.05. The maximum atomic E-state index is 5.49. The molecule has 0 atom stereocenters. The Kier molecular flexibility index (Phi) is 3.54. The number of anilines is 1. The van der Waals surface area contributed by atoms with Gasteiger partial charge in [0.15, 0.2) is 15.9 Å². The maximum Gasteiger partial charge on any atom is 0.181 e. The molecule has 19 heavy (non-hydrogen) atoms. The van der Waals surface area contributed by atoms with Gasteiger partial charge in [0.2, 0.25) is 0 Å². The maximum absolute atomic E-state index is 5.49. The Bertz CT molecular complexity index is 644. The van der Waals surface area contributed by atoms with Crippen molar-refractivity contribution >= 4 is 28.3 Å². The molecule has 4 nitrogen and oxygen atoms in total. The highest BCUT2D eigenvalue weighted by atomic mass is 127. The minimum absolute atomic E-state index is 0.671. The lowest BCUT2D eigenvalue weighted by molar-refractivity contribution is 0.493. The van der Waals surface area contributed by atoms with Gasteiger partial charge in [-0.2, -0.15) is 0 Å². The van der Waals surface area contributed by atoms with E-state index in [2.05, 4.69) is 32.9 Å². The lowest BCUT2D eigenvalue weighted by Gasteiger charge is -2.05. The van der Waals surface area contributed by atoms with Gasteiger partial charge in [-0.15, -0.1) is 0 Å². The molecule has 1 aromatic carbocycles. The summed E-state index contributed by atoms with van der Waals surface area (Å²) in [6.45, 7) is 0.671. The molecule has 0 saturated heterocycles. The van der Waals surface area contributed by atoms with Crippen molar-refractivity contribution in [1.29, 1.82) is 0 Å². The minimum atomic E-state index is 0.671. The van der Waals surface area contributed by atoms with E-state index in [0.29, 0.717) is 6.54 Å². The van der Waals surface area contributed by atoms with E-state index in [4.69, 9.17) is 8.83 Å². The average Bonchev–Trinajstić information content (AvgIpc) is 3.08. The number of oxazole rings is 1. The Morgan fingerprint density at radius 2 is 1.95 bits per heavy atom. The van der Waals surface area contributed by atoms with Crippen LogP contribution in [0.15, 0.2) is 57.8 Å². The summed E-state index contributed by atoms with van der Waals surface area (Å²) >= 11 is 2.15. The molecular weight excluding hydrogens is 355 g/mol. The van der Waals surface area contributed by atoms with Gasteiger partial charge in [0, 0.05) is 11.3 Å². The van der Waals surface area contributed by atoms with Gasteiger partial charge in [0.1, 0.15) is 5.76 Å². The second-order valence-corrected chi connectivity index (χ2v) is 5.07. The molecule has 0 aliphatic rings. The molecule has 0 aliphatic carbocycles. The van der Waals surface area contributed by atoms with Gasteiger partial charge < -0.3 is 14.2 Å². The van der Waals surface area contributed by atoms with Crippen LogP contribution in [-0.4, -0.2) is 4.98 Å². The van der Waals surface area contributed by atoms with Gasteiger partial charge in [-0.25, -0.2) is 4.98 Å². The molecule has 0 aliphatic heterocycles. The standard InChI is InChI=1S/C14H11IN2O2/c15-14-6-5-12(19-14)7-17-11-3-1-10(2-4-11)13-8-16-9-18-13/h1-6,8-9,17H,7H2. The summed E-state index contributed by atoms with van der Waals surface area (Å²) in [4.78, 5) is 3.90. The van der Waals surface area contributed by atoms with E-state index in [-0.39, 0.29) is 0 Å². The monoisotopic (exact) mass is 366 g/mol. The Balaban J connectivity index is 1.66. The van der Waals surface area contributed by atoms with Crippen molar-refractivity contribution in [3.05, 3.63) is 58.5 Å². The number of nitrogens with one attached hydrogen (secondary N) is 1. The lowest BCUT2D eigenvalue weighted by Crippen LogP contribution is -1.97. The highest BCUT2D eigenvalue weighted by Crippen LogP contribution is 2.21. The number of hydrogen-bond acceptors (Lipinski definition) is 4. The molecule has 2 heterocycles. The molecule has 3 rings (SSSR count). The van der Waals surface area contributed by atoms with Crippen LogP contribution < -0.4 is 5.32 Å². The zero-order valence-corrected chi connectivity index (χ0v) is 12.1. The second kappa shape index (κ2) is 5.48. The van der Waals surface area contributed by atoms with Gasteiger partial charge in [-0.1, -0.05) is 0 Å². The fourth-order valence-corrected chi connectivity index (χ4v) is 2.21. The van der Waals surface area contributed by atoms with Crippen molar-refractivity contribution in [3.63, 3.8) is 0 Å². The largest absolute Gasteiger partial charge is 0.454 e. The first kappa shape index (κ1) is 12.3. The molecule has 0 saturated carbocycles. The van der Waals surface area contributed by atoms with E-state index in [1.165, 1.54) is 6.39 Å². The third-order valence-corrected chi connectivity index (χ3v) is 3.28. The van der Waals surface area contributed by atoms with Crippen LogP contribution >= 0.6 is 22.6 Å². The molecule has 0 amide bonds. The van der Waals surface area contributed by atoms with Gasteiger partial charge in [-0.05, 0) is 59.0 Å². The van der Waals surface area contributed by atoms with E-state index in [1.54, 1.807) is 6.20 Å². The highest BCUT2D eigenvalue weighted by molar-refractivity contribution is 14.1. The molecule has 0 unspecified atom stereocenters. The van der Waals surface area contributed by atoms with Crippen molar-refractivity contribution in [3.8, 4) is 11.3 Å². The minimum Gasteiger partial charge on any atom is -0.454 e. The molecular formula is C14H11IN2O2. The van der Waals surface area contributed by atoms with Crippen LogP contribution in [0.1, 0.15) is 5.76 Å². The third-order valence-electron chi connectivity index (χ3n) is 2.70. The molecule has 3 aromatic rings. The number of benzene rings is 1. The average molecular weight is 366 g/mol. The van der Waals surface area contributed by atoms with Gasteiger partial charge in [0.25, 0.3) is 0 Å². The highest BCUT2D eigenvalue weighted by Gasteiger charge is 2.02. The summed E-state index contributed by atoms with van der Waals surface area (Å²) < 4.78 is 11.6. The Hall–Kier alpha value is -1.76. The second-order valence-electron chi connectivity index (χ2n) is 4.00. The number of rotatable bonds is 4. The molecule has 5 heteroatoms. The van der Waals surface area contributed by atoms with Crippen molar-refractivity contribution in [2.75, 3.05) is 5.32 Å². The van der Waals surface area contributed by atoms with Crippen LogP contribution in [0.4, 0.5) is 5.69 Å². The predicted molar refractivity (Wildman–Crippen MR) is 80.7 cm³/mol. The van der Waals surface area contributed by atoms with E-state index in [9.17, 15) is 0 Å². The Morgan fingerprint density at radius 3 is 2.58 bits per heavy atom. The van der Waals surface area contributed by atoms with Gasteiger partial charge in [-0.3, -0.25) is 0 Å². The quantitative estimate of drug-likeness (QED) is 0.705. The number of nitrogens with zero attached hydrogens (tertiary/aromatic N) is 1. The number of furan rings is 1. The van der Waals surface area contributed by atoms with Crippen LogP contribution in [-0.2, 0) is 6.54 Å². The summed E-state index contributed by atoms with van der Waals surface area (Å²) in [5, 5.41) is 3.30. The topological polar surface area (TPSA) is 51.2 Å². The molecule has 0 radical (unpaired) electrons. The smallest absolute Gasteiger partial charge is 0.181 e. The number of halogens is 1. The van der Waals surface area contributed by atoms with Gasteiger partial charge in [0.05, 0.1) is 12.7 Å². The lowest BCUT2D eigenvalue weighted by atomic mass is 10.1. The number of aromatic nitrogens is 1. The molecule has 96 valence electrons. The zero-order chi connectivity index (χ0) is 13.1. The molecule has 0 bridgehead atoms. The van der Waals surface area contributed by atoms with Crippen LogP contribution in [0.2, 0.25) is 0 Å². The van der Waals surface area contributed by atoms with Crippen molar-refractivity contribution < 1.29 is 8.83 Å². The normalized spacial score (nSPS) is 10.6. The first-order valence-corrected chi connectivity index (χ1v) is 6.86. The first-order valence-electron chi connectivity index (χ1n) is 5.78. The van der Waals surface area contributed by atoms with Crippen molar-refractivity contribution in [2.24, 2.45) is 0 Å². The molecule has 1 N–H and O–H groups in total. The Labute approximate surface area is 124 Å². The summed E-state index contributed by atoms with van der Waals surface area (Å²) in [5.74, 6) is 1.69. The van der Waals surface area contributed by atoms with Gasteiger partial charge >= 0.3 is 0 Å². The fraction of sp³-hybridized carbons (Fsp3) is 0.0714. The summed E-state index contributed by atoms with van der Waals surface area (Å²) in [6.07, 6.45) is 3.13. The summed E-state index contributed by atoms with van der Waals surface area (Å²) in [6, 6.07) is 11.9.